The van der Waals surface area contributed by atoms with Gasteiger partial charge < -0.3 is 15.6 Å². The number of nitrogens with zero attached hydrogens (tertiary/aromatic N) is 1. The molecular weight excluding hydrogens is 202 g/mol. The third-order valence-electron chi connectivity index (χ3n) is 2.49. The van der Waals surface area contributed by atoms with Crippen LogP contribution in [0.25, 0.3) is 0 Å². The van der Waals surface area contributed by atoms with E-state index in [-0.39, 0.29) is 11.4 Å². The van der Waals surface area contributed by atoms with Crippen LogP contribution in [0.5, 0.6) is 0 Å². The molecule has 0 unspecified atom stereocenters. The number of carbonyl (C=O) groups excluding carboxylic acids is 1. The van der Waals surface area contributed by atoms with Crippen molar-refractivity contribution < 1.29 is 4.79 Å². The number of aryl methyl sites for hydroxylation is 1. The zero-order chi connectivity index (χ0) is 12.2. The Kier molecular flexibility index (Phi) is 4.12. The number of hydrogen-bond acceptors (Lipinski definition) is 2. The molecule has 0 aliphatic rings. The predicted molar refractivity (Wildman–Crippen MR) is 65.3 cm³/mol. The summed E-state index contributed by atoms with van der Waals surface area (Å²) in [7, 11) is 0. The summed E-state index contributed by atoms with van der Waals surface area (Å²) in [5.74, 6) is -0.0612. The molecule has 1 amide bonds. The molecule has 90 valence electrons. The quantitative estimate of drug-likeness (QED) is 0.792. The third-order valence-corrected chi connectivity index (χ3v) is 2.49. The maximum atomic E-state index is 12.0. The van der Waals surface area contributed by atoms with Crippen molar-refractivity contribution in [2.75, 3.05) is 6.54 Å². The van der Waals surface area contributed by atoms with Crippen LogP contribution in [-0.2, 0) is 6.54 Å². The second kappa shape index (κ2) is 5.16. The van der Waals surface area contributed by atoms with Gasteiger partial charge >= 0.3 is 0 Å². The Morgan fingerprint density at radius 1 is 1.56 bits per heavy atom. The zero-order valence-corrected chi connectivity index (χ0v) is 10.3. The lowest BCUT2D eigenvalue weighted by Gasteiger charge is -2.24. The Morgan fingerprint density at radius 2 is 2.25 bits per heavy atom. The molecule has 0 atom stereocenters. The first-order valence-electron chi connectivity index (χ1n) is 5.68. The highest BCUT2D eigenvalue weighted by Gasteiger charge is 2.20. The molecule has 1 heterocycles. The fourth-order valence-electron chi connectivity index (χ4n) is 1.48. The number of hydrogen-bond donors (Lipinski definition) is 2. The number of nitrogens with one attached hydrogen (secondary N) is 1. The molecule has 0 aromatic carbocycles. The van der Waals surface area contributed by atoms with E-state index in [0.29, 0.717) is 12.2 Å². The number of amides is 1. The second-order valence-electron chi connectivity index (χ2n) is 4.63. The van der Waals surface area contributed by atoms with Crippen LogP contribution < -0.4 is 11.1 Å². The first-order valence-corrected chi connectivity index (χ1v) is 5.68. The van der Waals surface area contributed by atoms with Gasteiger partial charge in [0.1, 0.15) is 5.69 Å². The van der Waals surface area contributed by atoms with Gasteiger partial charge in [0.15, 0.2) is 0 Å². The number of carbonyl (C=O) groups is 1. The second-order valence-corrected chi connectivity index (χ2v) is 4.63. The van der Waals surface area contributed by atoms with E-state index in [0.717, 1.165) is 13.0 Å². The standard InChI is InChI=1S/C12H21N3O/c1-4-7-15-8-5-6-10(15)11(16)14-12(2,3)9-13/h5-6,8H,4,7,9,13H2,1-3H3,(H,14,16). The first-order chi connectivity index (χ1) is 7.50. The molecule has 0 saturated carbocycles. The zero-order valence-electron chi connectivity index (χ0n) is 10.3. The van der Waals surface area contributed by atoms with Crippen LogP contribution in [0.2, 0.25) is 0 Å². The van der Waals surface area contributed by atoms with Gasteiger partial charge in [-0.05, 0) is 32.4 Å². The molecule has 0 radical (unpaired) electrons. The molecule has 0 saturated heterocycles. The van der Waals surface area contributed by atoms with Crippen LogP contribution in [0.4, 0.5) is 0 Å². The molecule has 1 aromatic rings. The lowest BCUT2D eigenvalue weighted by Crippen LogP contribution is -2.49. The topological polar surface area (TPSA) is 60.0 Å². The highest BCUT2D eigenvalue weighted by molar-refractivity contribution is 5.93. The van der Waals surface area contributed by atoms with Crippen molar-refractivity contribution in [3.63, 3.8) is 0 Å². The van der Waals surface area contributed by atoms with Crippen molar-refractivity contribution in [3.05, 3.63) is 24.0 Å². The molecule has 1 rings (SSSR count). The molecule has 0 fully saturated rings. The van der Waals surface area contributed by atoms with Gasteiger partial charge in [-0.1, -0.05) is 6.92 Å². The van der Waals surface area contributed by atoms with Gasteiger partial charge in [0.2, 0.25) is 0 Å². The highest BCUT2D eigenvalue weighted by Crippen LogP contribution is 2.06. The monoisotopic (exact) mass is 223 g/mol. The summed E-state index contributed by atoms with van der Waals surface area (Å²) in [4.78, 5) is 12.0. The van der Waals surface area contributed by atoms with E-state index in [1.54, 1.807) is 0 Å². The van der Waals surface area contributed by atoms with E-state index in [1.807, 2.05) is 36.7 Å². The molecule has 0 spiro atoms. The predicted octanol–water partition coefficient (Wildman–Crippen LogP) is 1.37. The molecule has 4 heteroatoms. The van der Waals surface area contributed by atoms with Gasteiger partial charge in [-0.15, -0.1) is 0 Å². The summed E-state index contributed by atoms with van der Waals surface area (Å²) in [5.41, 5.74) is 5.92. The largest absolute Gasteiger partial charge is 0.345 e. The van der Waals surface area contributed by atoms with E-state index in [2.05, 4.69) is 12.2 Å². The summed E-state index contributed by atoms with van der Waals surface area (Å²) in [6.07, 6.45) is 2.93. The lowest BCUT2D eigenvalue weighted by molar-refractivity contribution is 0.0906. The van der Waals surface area contributed by atoms with Crippen molar-refractivity contribution in [3.8, 4) is 0 Å². The summed E-state index contributed by atoms with van der Waals surface area (Å²) < 4.78 is 1.96. The van der Waals surface area contributed by atoms with Gasteiger partial charge in [0.25, 0.3) is 5.91 Å². The Balaban J connectivity index is 2.76. The van der Waals surface area contributed by atoms with Gasteiger partial charge in [0, 0.05) is 24.8 Å². The summed E-state index contributed by atoms with van der Waals surface area (Å²) >= 11 is 0. The van der Waals surface area contributed by atoms with Crippen LogP contribution >= 0.6 is 0 Å². The minimum atomic E-state index is -0.363. The molecule has 0 bridgehead atoms. The third kappa shape index (κ3) is 3.10. The summed E-state index contributed by atoms with van der Waals surface area (Å²) in [5, 5.41) is 2.92. The smallest absolute Gasteiger partial charge is 0.268 e. The minimum absolute atomic E-state index is 0.0612. The number of aromatic nitrogens is 1. The van der Waals surface area contributed by atoms with Crippen molar-refractivity contribution in [1.82, 2.24) is 9.88 Å². The summed E-state index contributed by atoms with van der Waals surface area (Å²) in [6.45, 7) is 7.20. The van der Waals surface area contributed by atoms with Crippen LogP contribution in [0.15, 0.2) is 18.3 Å². The Morgan fingerprint density at radius 3 is 2.81 bits per heavy atom. The van der Waals surface area contributed by atoms with Crippen molar-refractivity contribution >= 4 is 5.91 Å². The van der Waals surface area contributed by atoms with E-state index in [9.17, 15) is 4.79 Å². The molecular formula is C12H21N3O. The maximum absolute atomic E-state index is 12.0. The van der Waals surface area contributed by atoms with E-state index in [1.165, 1.54) is 0 Å². The van der Waals surface area contributed by atoms with E-state index >= 15 is 0 Å². The van der Waals surface area contributed by atoms with Crippen LogP contribution in [0.1, 0.15) is 37.7 Å². The van der Waals surface area contributed by atoms with E-state index in [4.69, 9.17) is 5.73 Å². The lowest BCUT2D eigenvalue weighted by atomic mass is 10.1. The van der Waals surface area contributed by atoms with E-state index < -0.39 is 0 Å². The average molecular weight is 223 g/mol. The molecule has 16 heavy (non-hydrogen) atoms. The number of nitrogens with two attached hydrogens (primary N) is 1. The minimum Gasteiger partial charge on any atom is -0.345 e. The average Bonchev–Trinajstić information content (AvgIpc) is 2.66. The number of rotatable bonds is 5. The van der Waals surface area contributed by atoms with Gasteiger partial charge in [-0.25, -0.2) is 0 Å². The Bertz CT molecular complexity index is 355. The van der Waals surface area contributed by atoms with Crippen molar-refractivity contribution in [2.24, 2.45) is 5.73 Å². The van der Waals surface area contributed by atoms with Crippen molar-refractivity contribution in [1.29, 1.82) is 0 Å². The van der Waals surface area contributed by atoms with Gasteiger partial charge in [-0.3, -0.25) is 4.79 Å². The first kappa shape index (κ1) is 12.8. The molecule has 0 aliphatic carbocycles. The fraction of sp³-hybridized carbons (Fsp3) is 0.583. The maximum Gasteiger partial charge on any atom is 0.268 e. The van der Waals surface area contributed by atoms with Crippen LogP contribution in [0.3, 0.4) is 0 Å². The SMILES string of the molecule is CCCn1cccc1C(=O)NC(C)(C)CN. The summed E-state index contributed by atoms with van der Waals surface area (Å²) in [6, 6.07) is 3.72. The van der Waals surface area contributed by atoms with Crippen LogP contribution in [-0.4, -0.2) is 22.6 Å². The molecule has 3 N–H and O–H groups in total. The van der Waals surface area contributed by atoms with Gasteiger partial charge in [0.05, 0.1) is 0 Å². The Labute approximate surface area is 96.8 Å². The van der Waals surface area contributed by atoms with Gasteiger partial charge in [-0.2, -0.15) is 0 Å². The fourth-order valence-corrected chi connectivity index (χ4v) is 1.48. The molecule has 4 nitrogen and oxygen atoms in total. The molecule has 0 aliphatic heterocycles. The highest BCUT2D eigenvalue weighted by atomic mass is 16.2. The van der Waals surface area contributed by atoms with Crippen molar-refractivity contribution in [2.45, 2.75) is 39.3 Å². The molecule has 1 aromatic heterocycles. The normalized spacial score (nSPS) is 11.5. The Hall–Kier alpha value is -1.29. The van der Waals surface area contributed by atoms with Crippen LogP contribution in [0, 0.1) is 0 Å².